The molecular weight excluding hydrogens is 369 g/mol. The molecule has 0 saturated carbocycles. The lowest BCUT2D eigenvalue weighted by Gasteiger charge is -2.10. The summed E-state index contributed by atoms with van der Waals surface area (Å²) in [6.45, 7) is 1.79. The van der Waals surface area contributed by atoms with E-state index in [0.29, 0.717) is 0 Å². The van der Waals surface area contributed by atoms with Gasteiger partial charge in [-0.3, -0.25) is 4.79 Å². The third kappa shape index (κ3) is 5.24. The zero-order valence-electron chi connectivity index (χ0n) is 13.6. The minimum absolute atomic E-state index is 0.138. The monoisotopic (exact) mass is 384 g/mol. The number of carbonyl (C=O) groups is 1. The minimum atomic E-state index is -4.81. The minimum Gasteiger partial charge on any atom is -0.294 e. The molecule has 0 radical (unpaired) electrons. The molecular formula is C17H15F3N2O3S. The van der Waals surface area contributed by atoms with E-state index in [4.69, 9.17) is 5.14 Å². The number of alkyl halides is 3. The number of carbonyl (C=O) groups excluding carboxylic acids is 1. The number of sulfonamides is 1. The molecule has 2 aromatic rings. The van der Waals surface area contributed by atoms with Crippen LogP contribution in [-0.2, 0) is 10.0 Å². The first kappa shape index (κ1) is 19.8. The number of hydrogen-bond donors (Lipinski definition) is 1. The van der Waals surface area contributed by atoms with Gasteiger partial charge in [0.25, 0.3) is 0 Å². The molecule has 0 aliphatic carbocycles. The highest BCUT2D eigenvalue weighted by Gasteiger charge is 2.37. The number of primary sulfonamides is 1. The van der Waals surface area contributed by atoms with Gasteiger partial charge in [0.2, 0.25) is 10.0 Å². The number of halogens is 3. The lowest BCUT2D eigenvalue weighted by Crippen LogP contribution is -2.25. The van der Waals surface area contributed by atoms with Crippen LogP contribution in [0.1, 0.15) is 22.3 Å². The lowest BCUT2D eigenvalue weighted by atomic mass is 10.0. The molecule has 2 N–H and O–H groups in total. The fourth-order valence-corrected chi connectivity index (χ4v) is 2.58. The fraction of sp³-hybridized carbons (Fsp3) is 0.176. The Labute approximate surface area is 148 Å². The van der Waals surface area contributed by atoms with E-state index < -0.39 is 34.1 Å². The second kappa shape index (κ2) is 7.38. The summed E-state index contributed by atoms with van der Waals surface area (Å²) in [7, 11) is -3.96. The van der Waals surface area contributed by atoms with Gasteiger partial charge < -0.3 is 0 Å². The van der Waals surface area contributed by atoms with Crippen LogP contribution in [0.2, 0.25) is 0 Å². The maximum Gasteiger partial charge on any atom is 0.429 e. The zero-order chi connectivity index (χ0) is 19.5. The van der Waals surface area contributed by atoms with Crippen molar-refractivity contribution in [2.75, 3.05) is 0 Å². The van der Waals surface area contributed by atoms with E-state index in [0.717, 1.165) is 29.8 Å². The molecule has 0 atom stereocenters. The summed E-state index contributed by atoms with van der Waals surface area (Å²) < 4.78 is 62.0. The molecule has 0 heterocycles. The van der Waals surface area contributed by atoms with Gasteiger partial charge in [0.05, 0.1) is 17.0 Å². The van der Waals surface area contributed by atoms with Crippen LogP contribution in [-0.4, -0.2) is 26.1 Å². The van der Waals surface area contributed by atoms with E-state index in [1.165, 1.54) is 12.1 Å². The third-order valence-electron chi connectivity index (χ3n) is 3.46. The Morgan fingerprint density at radius 1 is 1.04 bits per heavy atom. The highest BCUT2D eigenvalue weighted by atomic mass is 32.2. The number of hydrogen-bond acceptors (Lipinski definition) is 4. The zero-order valence-corrected chi connectivity index (χ0v) is 14.4. The van der Waals surface area contributed by atoms with Gasteiger partial charge in [-0.05, 0) is 31.2 Å². The smallest absolute Gasteiger partial charge is 0.294 e. The summed E-state index contributed by atoms with van der Waals surface area (Å²) in [6.07, 6.45) is -5.73. The number of aryl methyl sites for hydroxylation is 1. The molecule has 0 amide bonds. The predicted octanol–water partition coefficient (Wildman–Crippen LogP) is 3.55. The van der Waals surface area contributed by atoms with Crippen LogP contribution in [0.3, 0.4) is 0 Å². The number of nitrogens with two attached hydrogens (primary N) is 1. The lowest BCUT2D eigenvalue weighted by molar-refractivity contribution is -0.0601. The number of rotatable bonds is 5. The Morgan fingerprint density at radius 2 is 1.58 bits per heavy atom. The van der Waals surface area contributed by atoms with Gasteiger partial charge in [-0.2, -0.15) is 13.2 Å². The highest BCUT2D eigenvalue weighted by molar-refractivity contribution is 7.89. The predicted molar refractivity (Wildman–Crippen MR) is 91.1 cm³/mol. The quantitative estimate of drug-likeness (QED) is 0.631. The van der Waals surface area contributed by atoms with Crippen LogP contribution in [0.15, 0.2) is 58.4 Å². The molecule has 138 valence electrons. The van der Waals surface area contributed by atoms with E-state index in [1.54, 1.807) is 19.1 Å². The topological polar surface area (TPSA) is 89.6 Å². The summed E-state index contributed by atoms with van der Waals surface area (Å²) in [5.41, 5.74) is -0.383. The normalized spacial score (nSPS) is 12.9. The van der Waals surface area contributed by atoms with Gasteiger partial charge in [0.1, 0.15) is 5.71 Å². The second-order valence-electron chi connectivity index (χ2n) is 5.56. The van der Waals surface area contributed by atoms with Gasteiger partial charge in [-0.1, -0.05) is 29.8 Å². The van der Waals surface area contributed by atoms with Crippen molar-refractivity contribution < 1.29 is 26.4 Å². The Morgan fingerprint density at radius 3 is 2.04 bits per heavy atom. The van der Waals surface area contributed by atoms with Crippen LogP contribution in [0.25, 0.3) is 0 Å². The van der Waals surface area contributed by atoms with E-state index >= 15 is 0 Å². The van der Waals surface area contributed by atoms with Gasteiger partial charge in [-0.15, -0.1) is 0 Å². The second-order valence-corrected chi connectivity index (χ2v) is 7.12. The standard InChI is InChI=1S/C17H15F3N2O3S/c1-11-2-4-12(5-3-11)15(23)10-16(17(18,19)20)22-13-6-8-14(9-7-13)26(21,24)25/h2-9H,10H2,1H3,(H2,21,24,25). The summed E-state index contributed by atoms with van der Waals surface area (Å²) in [5.74, 6) is -0.720. The summed E-state index contributed by atoms with van der Waals surface area (Å²) in [5, 5.41) is 4.93. The molecule has 0 aliphatic rings. The summed E-state index contributed by atoms with van der Waals surface area (Å²) in [6, 6.07) is 10.4. The number of benzene rings is 2. The SMILES string of the molecule is Cc1ccc(C(=O)CC(=Nc2ccc(S(N)(=O)=O)cc2)C(F)(F)F)cc1. The van der Waals surface area contributed by atoms with Crippen molar-refractivity contribution in [2.24, 2.45) is 10.1 Å². The Bertz CT molecular complexity index is 933. The first-order valence-corrected chi connectivity index (χ1v) is 8.89. The number of aliphatic imine (C=N–C) groups is 1. The van der Waals surface area contributed by atoms with E-state index in [-0.39, 0.29) is 16.1 Å². The molecule has 0 unspecified atom stereocenters. The Hall–Kier alpha value is -2.52. The van der Waals surface area contributed by atoms with Crippen LogP contribution < -0.4 is 5.14 Å². The number of nitrogens with zero attached hydrogens (tertiary/aromatic N) is 1. The van der Waals surface area contributed by atoms with Crippen LogP contribution >= 0.6 is 0 Å². The van der Waals surface area contributed by atoms with Crippen molar-refractivity contribution >= 4 is 27.2 Å². The van der Waals surface area contributed by atoms with Crippen LogP contribution in [0.5, 0.6) is 0 Å². The molecule has 0 spiro atoms. The number of Topliss-reactive ketones (excluding diaryl/α,β-unsaturated/α-hetero) is 1. The van der Waals surface area contributed by atoms with Crippen molar-refractivity contribution in [1.29, 1.82) is 0 Å². The summed E-state index contributed by atoms with van der Waals surface area (Å²) in [4.78, 5) is 15.3. The molecule has 0 bridgehead atoms. The molecule has 0 aromatic heterocycles. The first-order valence-electron chi connectivity index (χ1n) is 7.34. The van der Waals surface area contributed by atoms with Gasteiger partial charge in [0.15, 0.2) is 5.78 Å². The number of ketones is 1. The van der Waals surface area contributed by atoms with E-state index in [1.807, 2.05) is 0 Å². The van der Waals surface area contributed by atoms with Crippen molar-refractivity contribution in [1.82, 2.24) is 0 Å². The van der Waals surface area contributed by atoms with Crippen molar-refractivity contribution in [3.8, 4) is 0 Å². The molecule has 2 aromatic carbocycles. The Balaban J connectivity index is 2.31. The molecule has 0 fully saturated rings. The Kier molecular flexibility index (Phi) is 5.62. The molecule has 0 aliphatic heterocycles. The molecule has 26 heavy (non-hydrogen) atoms. The summed E-state index contributed by atoms with van der Waals surface area (Å²) >= 11 is 0. The van der Waals surface area contributed by atoms with Gasteiger partial charge >= 0.3 is 6.18 Å². The first-order chi connectivity index (χ1) is 12.0. The van der Waals surface area contributed by atoms with E-state index in [2.05, 4.69) is 4.99 Å². The van der Waals surface area contributed by atoms with Gasteiger partial charge in [0, 0.05) is 5.56 Å². The maximum atomic E-state index is 13.2. The van der Waals surface area contributed by atoms with Crippen molar-refractivity contribution in [3.63, 3.8) is 0 Å². The largest absolute Gasteiger partial charge is 0.429 e. The molecule has 2 rings (SSSR count). The molecule has 9 heteroatoms. The third-order valence-corrected chi connectivity index (χ3v) is 4.39. The average Bonchev–Trinajstić information content (AvgIpc) is 2.53. The van der Waals surface area contributed by atoms with Crippen molar-refractivity contribution in [2.45, 2.75) is 24.4 Å². The molecule has 0 saturated heterocycles. The maximum absolute atomic E-state index is 13.2. The van der Waals surface area contributed by atoms with Gasteiger partial charge in [-0.25, -0.2) is 18.5 Å². The average molecular weight is 384 g/mol. The van der Waals surface area contributed by atoms with E-state index in [9.17, 15) is 26.4 Å². The molecule has 5 nitrogen and oxygen atoms in total. The van der Waals surface area contributed by atoms with Crippen LogP contribution in [0, 0.1) is 6.92 Å². The van der Waals surface area contributed by atoms with Crippen LogP contribution in [0.4, 0.5) is 18.9 Å². The highest BCUT2D eigenvalue weighted by Crippen LogP contribution is 2.25. The fourth-order valence-electron chi connectivity index (χ4n) is 2.06. The van der Waals surface area contributed by atoms with Crippen molar-refractivity contribution in [3.05, 3.63) is 59.7 Å².